The summed E-state index contributed by atoms with van der Waals surface area (Å²) in [6.07, 6.45) is 38.8. The molecule has 0 radical (unpaired) electrons. The Kier molecular flexibility index (Phi) is 38.3. The summed E-state index contributed by atoms with van der Waals surface area (Å²) in [7, 11) is 0. The molecule has 0 aliphatic rings. The number of amides is 2. The first-order valence-electron chi connectivity index (χ1n) is 24.9. The number of nitrogens with zero attached hydrogens (tertiary/aromatic N) is 2. The molecule has 338 valence electrons. The number of benzene rings is 1. The molecule has 0 aromatic heterocycles. The fraction of sp³-hybridized carbons (Fsp3) is 0.840. The van der Waals surface area contributed by atoms with E-state index in [4.69, 9.17) is 9.47 Å². The van der Waals surface area contributed by atoms with Crippen LogP contribution < -0.4 is 10.6 Å². The van der Waals surface area contributed by atoms with E-state index < -0.39 is 12.2 Å². The minimum absolute atomic E-state index is 0.391. The molecule has 0 heterocycles. The van der Waals surface area contributed by atoms with E-state index in [2.05, 4.69) is 48.1 Å². The summed E-state index contributed by atoms with van der Waals surface area (Å²) in [5, 5.41) is 5.56. The molecule has 0 atom stereocenters. The van der Waals surface area contributed by atoms with Gasteiger partial charge < -0.3 is 19.3 Å². The maximum atomic E-state index is 12.4. The van der Waals surface area contributed by atoms with E-state index >= 15 is 0 Å². The van der Waals surface area contributed by atoms with Gasteiger partial charge in [0.05, 0.1) is 13.2 Å². The SMILES string of the molecule is CCCCCCCCCCCCCCCN(CC)CCCCOC(=O)Nc1cccc(NC(=O)OCCCCN(CC)CCCCCCCCCCCCCCC)c1. The summed E-state index contributed by atoms with van der Waals surface area (Å²) < 4.78 is 10.9. The van der Waals surface area contributed by atoms with Crippen LogP contribution in [0.15, 0.2) is 24.3 Å². The van der Waals surface area contributed by atoms with Crippen LogP contribution in [0.2, 0.25) is 0 Å². The van der Waals surface area contributed by atoms with Crippen LogP contribution in [0.25, 0.3) is 0 Å². The van der Waals surface area contributed by atoms with Gasteiger partial charge in [-0.3, -0.25) is 10.6 Å². The van der Waals surface area contributed by atoms with Crippen molar-refractivity contribution in [2.75, 3.05) is 63.1 Å². The zero-order valence-corrected chi connectivity index (χ0v) is 38.7. The van der Waals surface area contributed by atoms with Gasteiger partial charge in [-0.2, -0.15) is 0 Å². The van der Waals surface area contributed by atoms with E-state index in [1.54, 1.807) is 24.3 Å². The zero-order valence-electron chi connectivity index (χ0n) is 38.7. The van der Waals surface area contributed by atoms with E-state index in [9.17, 15) is 9.59 Å². The minimum Gasteiger partial charge on any atom is -0.449 e. The highest BCUT2D eigenvalue weighted by atomic mass is 16.6. The van der Waals surface area contributed by atoms with Crippen molar-refractivity contribution in [3.8, 4) is 0 Å². The second-order valence-electron chi connectivity index (χ2n) is 16.9. The molecule has 0 saturated heterocycles. The van der Waals surface area contributed by atoms with Crippen molar-refractivity contribution >= 4 is 23.6 Å². The molecule has 0 aliphatic heterocycles. The zero-order chi connectivity index (χ0) is 42.0. The van der Waals surface area contributed by atoms with Gasteiger partial charge in [0.25, 0.3) is 0 Å². The van der Waals surface area contributed by atoms with Crippen LogP contribution in [0.4, 0.5) is 21.0 Å². The van der Waals surface area contributed by atoms with Crippen molar-refractivity contribution in [2.45, 2.75) is 220 Å². The summed E-state index contributed by atoms with van der Waals surface area (Å²) in [5.41, 5.74) is 1.14. The summed E-state index contributed by atoms with van der Waals surface area (Å²) in [5.74, 6) is 0. The highest BCUT2D eigenvalue weighted by Gasteiger charge is 2.09. The minimum atomic E-state index is -0.478. The molecule has 0 spiro atoms. The van der Waals surface area contributed by atoms with Gasteiger partial charge in [-0.25, -0.2) is 9.59 Å². The van der Waals surface area contributed by atoms with Crippen molar-refractivity contribution in [2.24, 2.45) is 0 Å². The van der Waals surface area contributed by atoms with Crippen LogP contribution in [0, 0.1) is 0 Å². The predicted octanol–water partition coefficient (Wildman–Crippen LogP) is 15.2. The maximum Gasteiger partial charge on any atom is 0.411 e. The van der Waals surface area contributed by atoms with Gasteiger partial charge in [0.2, 0.25) is 0 Å². The molecule has 1 aromatic carbocycles. The Hall–Kier alpha value is -2.32. The second kappa shape index (κ2) is 41.4. The lowest BCUT2D eigenvalue weighted by molar-refractivity contribution is 0.156. The van der Waals surface area contributed by atoms with Crippen molar-refractivity contribution in [1.82, 2.24) is 9.80 Å². The van der Waals surface area contributed by atoms with Crippen molar-refractivity contribution in [3.05, 3.63) is 24.3 Å². The van der Waals surface area contributed by atoms with E-state index in [0.717, 1.165) is 65.0 Å². The van der Waals surface area contributed by atoms with Crippen molar-refractivity contribution < 1.29 is 19.1 Å². The van der Waals surface area contributed by atoms with Gasteiger partial charge in [0.1, 0.15) is 0 Å². The van der Waals surface area contributed by atoms with Gasteiger partial charge in [-0.15, -0.1) is 0 Å². The quantitative estimate of drug-likeness (QED) is 0.0640. The Balaban J connectivity index is 2.05. The summed E-state index contributed by atoms with van der Waals surface area (Å²) in [4.78, 5) is 29.9. The monoisotopic (exact) mass is 815 g/mol. The number of rotatable bonds is 42. The Labute approximate surface area is 359 Å². The fourth-order valence-corrected chi connectivity index (χ4v) is 7.75. The Morgan fingerprint density at radius 2 is 0.690 bits per heavy atom. The van der Waals surface area contributed by atoms with Crippen LogP contribution in [-0.2, 0) is 9.47 Å². The van der Waals surface area contributed by atoms with Crippen LogP contribution in [-0.4, -0.2) is 74.5 Å². The number of unbranched alkanes of at least 4 members (excludes halogenated alkanes) is 26. The molecule has 0 fully saturated rings. The normalized spacial score (nSPS) is 11.4. The predicted molar refractivity (Wildman–Crippen MR) is 250 cm³/mol. The summed E-state index contributed by atoms with van der Waals surface area (Å²) >= 11 is 0. The third-order valence-electron chi connectivity index (χ3n) is 11.6. The van der Waals surface area contributed by atoms with Crippen LogP contribution in [0.1, 0.15) is 220 Å². The standard InChI is InChI=1S/C50H94N4O4/c1-5-9-11-13-15-17-19-21-23-25-27-29-31-40-53(7-3)42-33-35-44-57-49(55)51-47-38-37-39-48(46-47)52-50(56)58-45-36-34-43-54(8-4)41-32-30-28-26-24-22-20-18-16-14-12-10-6-2/h37-39,46H,5-36,40-45H2,1-4H3,(H,51,55)(H,52,56). The fourth-order valence-electron chi connectivity index (χ4n) is 7.75. The van der Waals surface area contributed by atoms with Crippen molar-refractivity contribution in [3.63, 3.8) is 0 Å². The number of anilines is 2. The second-order valence-corrected chi connectivity index (χ2v) is 16.9. The molecule has 8 nitrogen and oxygen atoms in total. The third kappa shape index (κ3) is 34.5. The molecule has 0 saturated carbocycles. The molecule has 0 aliphatic carbocycles. The van der Waals surface area contributed by atoms with Crippen LogP contribution in [0.3, 0.4) is 0 Å². The van der Waals surface area contributed by atoms with Gasteiger partial charge in [0.15, 0.2) is 0 Å². The molecule has 8 heteroatoms. The summed E-state index contributed by atoms with van der Waals surface area (Å²) in [6.45, 7) is 16.3. The first kappa shape index (κ1) is 53.7. The molecular formula is C50H94N4O4. The molecule has 1 aromatic rings. The molecule has 58 heavy (non-hydrogen) atoms. The molecular weight excluding hydrogens is 721 g/mol. The average Bonchev–Trinajstić information content (AvgIpc) is 3.22. The van der Waals surface area contributed by atoms with E-state index in [-0.39, 0.29) is 0 Å². The molecule has 2 amide bonds. The number of hydrogen-bond donors (Lipinski definition) is 2. The lowest BCUT2D eigenvalue weighted by atomic mass is 10.0. The first-order valence-corrected chi connectivity index (χ1v) is 24.9. The number of nitrogens with one attached hydrogen (secondary N) is 2. The summed E-state index contributed by atoms with van der Waals surface area (Å²) in [6, 6.07) is 7.07. The van der Waals surface area contributed by atoms with Crippen molar-refractivity contribution in [1.29, 1.82) is 0 Å². The van der Waals surface area contributed by atoms with Gasteiger partial charge in [-0.05, 0) is 96.0 Å². The number of ether oxygens (including phenoxy) is 2. The van der Waals surface area contributed by atoms with Crippen LogP contribution in [0.5, 0.6) is 0 Å². The Bertz CT molecular complexity index is 979. The molecule has 0 bridgehead atoms. The van der Waals surface area contributed by atoms with Gasteiger partial charge >= 0.3 is 12.2 Å². The highest BCUT2D eigenvalue weighted by molar-refractivity contribution is 5.88. The lowest BCUT2D eigenvalue weighted by Gasteiger charge is -2.20. The lowest BCUT2D eigenvalue weighted by Crippen LogP contribution is -2.26. The smallest absolute Gasteiger partial charge is 0.411 e. The highest BCUT2D eigenvalue weighted by Crippen LogP contribution is 2.17. The topological polar surface area (TPSA) is 83.1 Å². The van der Waals surface area contributed by atoms with Crippen LogP contribution >= 0.6 is 0 Å². The average molecular weight is 815 g/mol. The van der Waals surface area contributed by atoms with Gasteiger partial charge in [-0.1, -0.05) is 188 Å². The third-order valence-corrected chi connectivity index (χ3v) is 11.6. The van der Waals surface area contributed by atoms with Gasteiger partial charge in [0, 0.05) is 11.4 Å². The number of hydrogen-bond acceptors (Lipinski definition) is 6. The largest absolute Gasteiger partial charge is 0.449 e. The molecule has 0 unspecified atom stereocenters. The maximum absolute atomic E-state index is 12.4. The Morgan fingerprint density at radius 3 is 0.983 bits per heavy atom. The number of carbonyl (C=O) groups excluding carboxylic acids is 2. The molecule has 1 rings (SSSR count). The van der Waals surface area contributed by atoms with E-state index in [1.807, 2.05) is 0 Å². The molecule has 2 N–H and O–H groups in total. The first-order chi connectivity index (χ1) is 28.5. The van der Waals surface area contributed by atoms with E-state index in [1.165, 1.54) is 167 Å². The number of carbonyl (C=O) groups is 2. The Morgan fingerprint density at radius 1 is 0.414 bits per heavy atom. The van der Waals surface area contributed by atoms with E-state index in [0.29, 0.717) is 24.6 Å².